The van der Waals surface area contributed by atoms with Gasteiger partial charge in [-0.1, -0.05) is 23.2 Å². The number of aryl methyl sites for hydroxylation is 1. The van der Waals surface area contributed by atoms with Crippen LogP contribution in [0.15, 0.2) is 6.07 Å². The van der Waals surface area contributed by atoms with Crippen LogP contribution in [-0.4, -0.2) is 25.0 Å². The van der Waals surface area contributed by atoms with Gasteiger partial charge in [-0.3, -0.25) is 4.72 Å². The zero-order valence-electron chi connectivity index (χ0n) is 8.30. The zero-order valence-corrected chi connectivity index (χ0v) is 11.4. The second-order valence-corrected chi connectivity index (χ2v) is 6.03. The van der Waals surface area contributed by atoms with E-state index in [4.69, 9.17) is 34.8 Å². The third-order valence-electron chi connectivity index (χ3n) is 1.70. The van der Waals surface area contributed by atoms with Crippen LogP contribution in [0, 0.1) is 6.92 Å². The first-order chi connectivity index (χ1) is 7.35. The highest BCUT2D eigenvalue weighted by molar-refractivity contribution is 7.92. The molecule has 0 fully saturated rings. The van der Waals surface area contributed by atoms with Crippen LogP contribution in [0.3, 0.4) is 0 Å². The smallest absolute Gasteiger partial charge is 0.235 e. The van der Waals surface area contributed by atoms with Crippen molar-refractivity contribution in [1.82, 2.24) is 4.98 Å². The van der Waals surface area contributed by atoms with E-state index in [0.717, 1.165) is 0 Å². The summed E-state index contributed by atoms with van der Waals surface area (Å²) in [5.74, 6) is -0.137. The Bertz CT molecular complexity index is 490. The van der Waals surface area contributed by atoms with Gasteiger partial charge in [-0.05, 0) is 13.0 Å². The minimum atomic E-state index is -3.51. The summed E-state index contributed by atoms with van der Waals surface area (Å²) in [7, 11) is -3.51. The highest BCUT2D eigenvalue weighted by atomic mass is 35.5. The maximum absolute atomic E-state index is 11.4. The van der Waals surface area contributed by atoms with Crippen LogP contribution < -0.4 is 4.72 Å². The minimum Gasteiger partial charge on any atom is -0.266 e. The summed E-state index contributed by atoms with van der Waals surface area (Å²) in [5.41, 5.74) is 0.495. The van der Waals surface area contributed by atoms with Crippen LogP contribution in [0.5, 0.6) is 0 Å². The molecule has 1 N–H and O–H groups in total. The van der Waals surface area contributed by atoms with Gasteiger partial charge in [-0.25, -0.2) is 13.4 Å². The summed E-state index contributed by atoms with van der Waals surface area (Å²) in [6.07, 6.45) is 0. The van der Waals surface area contributed by atoms with Crippen LogP contribution in [0.2, 0.25) is 10.0 Å². The Morgan fingerprint density at radius 1 is 1.38 bits per heavy atom. The first-order valence-electron chi connectivity index (χ1n) is 4.25. The van der Waals surface area contributed by atoms with Gasteiger partial charge in [0.05, 0.1) is 21.5 Å². The lowest BCUT2D eigenvalue weighted by molar-refractivity contribution is 0.602. The zero-order chi connectivity index (χ0) is 12.3. The van der Waals surface area contributed by atoms with Crippen LogP contribution in [0.25, 0.3) is 0 Å². The molecule has 0 spiro atoms. The monoisotopic (exact) mass is 302 g/mol. The summed E-state index contributed by atoms with van der Waals surface area (Å²) in [6.45, 7) is 1.65. The number of pyridine rings is 1. The molecule has 0 unspecified atom stereocenters. The predicted octanol–water partition coefficient (Wildman–Crippen LogP) is 2.68. The normalized spacial score (nSPS) is 11.5. The van der Waals surface area contributed by atoms with Crippen molar-refractivity contribution in [3.63, 3.8) is 0 Å². The fourth-order valence-corrected chi connectivity index (χ4v) is 2.76. The number of nitrogens with zero attached hydrogens (tertiary/aromatic N) is 1. The first kappa shape index (κ1) is 13.8. The number of alkyl halides is 1. The van der Waals surface area contributed by atoms with Crippen molar-refractivity contribution >= 4 is 50.6 Å². The maximum atomic E-state index is 11.4. The fraction of sp³-hybridized carbons (Fsp3) is 0.375. The summed E-state index contributed by atoms with van der Waals surface area (Å²) in [4.78, 5) is 3.94. The van der Waals surface area contributed by atoms with E-state index in [9.17, 15) is 8.42 Å². The molecular weight excluding hydrogens is 295 g/mol. The Labute approximate surface area is 109 Å². The summed E-state index contributed by atoms with van der Waals surface area (Å²) in [5, 5.41) is 0.527. The number of hydrogen-bond donors (Lipinski definition) is 1. The second kappa shape index (κ2) is 5.40. The highest BCUT2D eigenvalue weighted by Gasteiger charge is 2.14. The van der Waals surface area contributed by atoms with Gasteiger partial charge in [0.15, 0.2) is 5.82 Å². The largest absolute Gasteiger partial charge is 0.266 e. The molecule has 0 atom stereocenters. The van der Waals surface area contributed by atoms with Crippen molar-refractivity contribution in [2.45, 2.75) is 6.92 Å². The molecule has 0 saturated carbocycles. The molecule has 0 bridgehead atoms. The van der Waals surface area contributed by atoms with Gasteiger partial charge in [-0.2, -0.15) is 0 Å². The van der Waals surface area contributed by atoms with Crippen molar-refractivity contribution in [2.24, 2.45) is 0 Å². The number of hydrogen-bond acceptors (Lipinski definition) is 3. The lowest BCUT2D eigenvalue weighted by Crippen LogP contribution is -2.18. The van der Waals surface area contributed by atoms with E-state index in [0.29, 0.717) is 10.7 Å². The summed E-state index contributed by atoms with van der Waals surface area (Å²) in [6, 6.07) is 1.43. The van der Waals surface area contributed by atoms with Crippen molar-refractivity contribution < 1.29 is 8.42 Å². The van der Waals surface area contributed by atoms with E-state index in [1.54, 1.807) is 6.92 Å². The number of sulfonamides is 1. The molecule has 0 amide bonds. The van der Waals surface area contributed by atoms with E-state index in [1.165, 1.54) is 6.07 Å². The van der Waals surface area contributed by atoms with Crippen LogP contribution in [0.1, 0.15) is 5.69 Å². The molecule has 1 aromatic rings. The fourth-order valence-electron chi connectivity index (χ4n) is 0.930. The van der Waals surface area contributed by atoms with Crippen LogP contribution in [-0.2, 0) is 10.0 Å². The van der Waals surface area contributed by atoms with E-state index >= 15 is 0 Å². The van der Waals surface area contributed by atoms with Crippen molar-refractivity contribution in [1.29, 1.82) is 0 Å². The van der Waals surface area contributed by atoms with E-state index in [1.807, 2.05) is 0 Å². The molecule has 0 aliphatic carbocycles. The summed E-state index contributed by atoms with van der Waals surface area (Å²) >= 11 is 16.9. The molecule has 90 valence electrons. The van der Waals surface area contributed by atoms with E-state index in [2.05, 4.69) is 9.71 Å². The quantitative estimate of drug-likeness (QED) is 0.870. The molecule has 1 aromatic heterocycles. The van der Waals surface area contributed by atoms with E-state index < -0.39 is 10.0 Å². The van der Waals surface area contributed by atoms with Crippen molar-refractivity contribution in [2.75, 3.05) is 16.4 Å². The SMILES string of the molecule is Cc1nc(NS(=O)(=O)CCCl)c(Cl)cc1Cl. The molecule has 16 heavy (non-hydrogen) atoms. The van der Waals surface area contributed by atoms with Gasteiger partial charge in [0, 0.05) is 5.88 Å². The summed E-state index contributed by atoms with van der Waals surface area (Å²) < 4.78 is 25.1. The Hall–Kier alpha value is -0.230. The van der Waals surface area contributed by atoms with Gasteiger partial charge in [0.25, 0.3) is 0 Å². The average Bonchev–Trinajstić information content (AvgIpc) is 2.13. The van der Waals surface area contributed by atoms with Gasteiger partial charge in [0.1, 0.15) is 0 Å². The first-order valence-corrected chi connectivity index (χ1v) is 7.19. The Morgan fingerprint density at radius 2 is 2.00 bits per heavy atom. The lowest BCUT2D eigenvalue weighted by Gasteiger charge is -2.09. The number of rotatable bonds is 4. The number of halogens is 3. The molecule has 0 radical (unpaired) electrons. The third-order valence-corrected chi connectivity index (χ3v) is 4.03. The Morgan fingerprint density at radius 3 is 2.56 bits per heavy atom. The number of anilines is 1. The number of nitrogens with one attached hydrogen (secondary N) is 1. The van der Waals surface area contributed by atoms with Crippen molar-refractivity contribution in [3.8, 4) is 0 Å². The molecule has 0 aliphatic heterocycles. The molecule has 1 rings (SSSR count). The Kier molecular flexibility index (Phi) is 4.67. The van der Waals surface area contributed by atoms with Crippen LogP contribution in [0.4, 0.5) is 5.82 Å². The van der Waals surface area contributed by atoms with Gasteiger partial charge in [-0.15, -0.1) is 11.6 Å². The van der Waals surface area contributed by atoms with Gasteiger partial charge in [0.2, 0.25) is 10.0 Å². The molecular formula is C8H9Cl3N2O2S. The molecule has 1 heterocycles. The predicted molar refractivity (Wildman–Crippen MR) is 67.1 cm³/mol. The minimum absolute atomic E-state index is 0.000472. The van der Waals surface area contributed by atoms with E-state index in [-0.39, 0.29) is 22.5 Å². The Balaban J connectivity index is 3.03. The van der Waals surface area contributed by atoms with Gasteiger partial charge < -0.3 is 0 Å². The molecule has 8 heteroatoms. The average molecular weight is 304 g/mol. The molecule has 0 saturated heterocycles. The van der Waals surface area contributed by atoms with Gasteiger partial charge >= 0.3 is 0 Å². The third kappa shape index (κ3) is 3.66. The topological polar surface area (TPSA) is 59.1 Å². The molecule has 0 aliphatic rings. The second-order valence-electron chi connectivity index (χ2n) is 3.00. The maximum Gasteiger partial charge on any atom is 0.235 e. The standard InChI is InChI=1S/C8H9Cl3N2O2S/c1-5-6(10)4-7(11)8(12-5)13-16(14,15)3-2-9/h4H,2-3H2,1H3,(H,12,13). The highest BCUT2D eigenvalue weighted by Crippen LogP contribution is 2.26. The van der Waals surface area contributed by atoms with Crippen LogP contribution >= 0.6 is 34.8 Å². The van der Waals surface area contributed by atoms with Crippen molar-refractivity contribution in [3.05, 3.63) is 21.8 Å². The molecule has 0 aromatic carbocycles. The lowest BCUT2D eigenvalue weighted by atomic mass is 10.4. The number of aromatic nitrogens is 1. The molecule has 4 nitrogen and oxygen atoms in total.